The molecule has 0 aliphatic heterocycles. The largest absolute Gasteiger partial charge is 0.491 e. The molecule has 19 heavy (non-hydrogen) atoms. The van der Waals surface area contributed by atoms with E-state index < -0.39 is 0 Å². The van der Waals surface area contributed by atoms with Gasteiger partial charge in [-0.25, -0.2) is 4.68 Å². The summed E-state index contributed by atoms with van der Waals surface area (Å²) in [7, 11) is 0. The van der Waals surface area contributed by atoms with E-state index in [2.05, 4.69) is 21.0 Å². The van der Waals surface area contributed by atoms with E-state index in [1.165, 1.54) is 0 Å². The van der Waals surface area contributed by atoms with Gasteiger partial charge in [0.1, 0.15) is 11.6 Å². The number of hydrogen-bond donors (Lipinski definition) is 1. The fraction of sp³-hybridized carbons (Fsp3) is 0.357. The first kappa shape index (κ1) is 13.9. The number of rotatable bonds is 4. The van der Waals surface area contributed by atoms with Crippen molar-refractivity contribution in [2.75, 3.05) is 5.73 Å². The van der Waals surface area contributed by atoms with Gasteiger partial charge in [0.05, 0.1) is 22.8 Å². The number of aryl methyl sites for hydroxylation is 1. The fourth-order valence-corrected chi connectivity index (χ4v) is 2.14. The quantitative estimate of drug-likeness (QED) is 0.938. The van der Waals surface area contributed by atoms with Crippen LogP contribution >= 0.6 is 15.9 Å². The summed E-state index contributed by atoms with van der Waals surface area (Å²) in [5.74, 6) is 1.52. The molecular formula is C14H18BrN3O. The summed E-state index contributed by atoms with van der Waals surface area (Å²) in [5, 5.41) is 4.40. The van der Waals surface area contributed by atoms with Crippen LogP contribution in [0.1, 0.15) is 25.1 Å². The molecule has 0 aliphatic rings. The molecule has 0 radical (unpaired) electrons. The zero-order valence-electron chi connectivity index (χ0n) is 11.4. The summed E-state index contributed by atoms with van der Waals surface area (Å²) in [6.45, 7) is 6.58. The van der Waals surface area contributed by atoms with Crippen molar-refractivity contribution in [3.05, 3.63) is 40.0 Å². The molecule has 2 N–H and O–H groups in total. The highest BCUT2D eigenvalue weighted by atomic mass is 79.9. The SMILES string of the molecule is Cc1nn(Cc2cccc(OC(C)C)c2)c(N)c1Br. The number of nitrogen functional groups attached to an aromatic ring is 1. The average Bonchev–Trinajstić information content (AvgIpc) is 2.57. The maximum Gasteiger partial charge on any atom is 0.136 e. The van der Waals surface area contributed by atoms with Crippen molar-refractivity contribution in [1.29, 1.82) is 0 Å². The Morgan fingerprint density at radius 1 is 1.42 bits per heavy atom. The van der Waals surface area contributed by atoms with Gasteiger partial charge in [0.25, 0.3) is 0 Å². The molecule has 0 fully saturated rings. The van der Waals surface area contributed by atoms with Gasteiger partial charge in [0.2, 0.25) is 0 Å². The molecule has 5 heteroatoms. The molecule has 0 saturated carbocycles. The monoisotopic (exact) mass is 323 g/mol. The minimum atomic E-state index is 0.168. The summed E-state index contributed by atoms with van der Waals surface area (Å²) >= 11 is 3.43. The Kier molecular flexibility index (Phi) is 4.14. The Hall–Kier alpha value is -1.49. The lowest BCUT2D eigenvalue weighted by molar-refractivity contribution is 0.242. The number of ether oxygens (including phenoxy) is 1. The van der Waals surface area contributed by atoms with Crippen LogP contribution in [0, 0.1) is 6.92 Å². The first-order valence-corrected chi connectivity index (χ1v) is 7.00. The molecule has 0 amide bonds. The lowest BCUT2D eigenvalue weighted by atomic mass is 10.2. The Labute approximate surface area is 121 Å². The molecule has 1 aromatic heterocycles. The van der Waals surface area contributed by atoms with Crippen molar-refractivity contribution in [2.45, 2.75) is 33.4 Å². The van der Waals surface area contributed by atoms with E-state index in [9.17, 15) is 0 Å². The average molecular weight is 324 g/mol. The van der Waals surface area contributed by atoms with E-state index in [0.29, 0.717) is 12.4 Å². The summed E-state index contributed by atoms with van der Waals surface area (Å²) in [5.41, 5.74) is 8.00. The van der Waals surface area contributed by atoms with Crippen molar-refractivity contribution in [3.63, 3.8) is 0 Å². The van der Waals surface area contributed by atoms with Gasteiger partial charge < -0.3 is 10.5 Å². The van der Waals surface area contributed by atoms with Gasteiger partial charge in [-0.15, -0.1) is 0 Å². The first-order chi connectivity index (χ1) is 8.97. The maximum absolute atomic E-state index is 5.99. The lowest BCUT2D eigenvalue weighted by Gasteiger charge is -2.11. The molecule has 102 valence electrons. The van der Waals surface area contributed by atoms with Gasteiger partial charge in [0.15, 0.2) is 0 Å². The van der Waals surface area contributed by atoms with Gasteiger partial charge >= 0.3 is 0 Å². The van der Waals surface area contributed by atoms with Crippen molar-refractivity contribution in [3.8, 4) is 5.75 Å². The Morgan fingerprint density at radius 2 is 2.16 bits per heavy atom. The number of benzene rings is 1. The third kappa shape index (κ3) is 3.29. The molecule has 0 aliphatic carbocycles. The van der Waals surface area contributed by atoms with Crippen molar-refractivity contribution in [2.24, 2.45) is 0 Å². The number of anilines is 1. The lowest BCUT2D eigenvalue weighted by Crippen LogP contribution is -2.08. The normalized spacial score (nSPS) is 11.0. The number of hydrogen-bond acceptors (Lipinski definition) is 3. The molecule has 0 saturated heterocycles. The number of halogens is 1. The summed E-state index contributed by atoms with van der Waals surface area (Å²) < 4.78 is 8.33. The summed E-state index contributed by atoms with van der Waals surface area (Å²) in [6.07, 6.45) is 0.168. The van der Waals surface area contributed by atoms with Crippen LogP contribution in [0.25, 0.3) is 0 Å². The zero-order valence-corrected chi connectivity index (χ0v) is 12.9. The maximum atomic E-state index is 5.99. The zero-order chi connectivity index (χ0) is 14.0. The van der Waals surface area contributed by atoms with Gasteiger partial charge in [0, 0.05) is 0 Å². The minimum absolute atomic E-state index is 0.168. The number of aromatic nitrogens is 2. The number of nitrogens with two attached hydrogens (primary N) is 1. The second kappa shape index (κ2) is 5.65. The number of nitrogens with zero attached hydrogens (tertiary/aromatic N) is 2. The van der Waals surface area contributed by atoms with Crippen LogP contribution in [0.2, 0.25) is 0 Å². The van der Waals surface area contributed by atoms with Crippen LogP contribution in [0.3, 0.4) is 0 Å². The molecule has 2 aromatic rings. The van der Waals surface area contributed by atoms with Crippen molar-refractivity contribution < 1.29 is 4.74 Å². The van der Waals surface area contributed by atoms with Gasteiger partial charge in [-0.3, -0.25) is 0 Å². The Bertz CT molecular complexity index is 578. The van der Waals surface area contributed by atoms with Gasteiger partial charge in [-0.1, -0.05) is 12.1 Å². The predicted octanol–water partition coefficient (Wildman–Crippen LogP) is 3.37. The standard InChI is InChI=1S/C14H18BrN3O/c1-9(2)19-12-6-4-5-11(7-12)8-18-14(16)13(15)10(3)17-18/h4-7,9H,8,16H2,1-3H3. The predicted molar refractivity (Wildman–Crippen MR) is 80.4 cm³/mol. The first-order valence-electron chi connectivity index (χ1n) is 6.21. The third-order valence-electron chi connectivity index (χ3n) is 2.69. The molecular weight excluding hydrogens is 306 g/mol. The second-order valence-corrected chi connectivity index (χ2v) is 5.55. The fourth-order valence-electron chi connectivity index (χ4n) is 1.86. The van der Waals surface area contributed by atoms with E-state index >= 15 is 0 Å². The van der Waals surface area contributed by atoms with E-state index in [1.54, 1.807) is 4.68 Å². The van der Waals surface area contributed by atoms with Crippen LogP contribution in [0.4, 0.5) is 5.82 Å². The smallest absolute Gasteiger partial charge is 0.136 e. The minimum Gasteiger partial charge on any atom is -0.491 e. The molecule has 0 unspecified atom stereocenters. The van der Waals surface area contributed by atoms with Crippen molar-refractivity contribution >= 4 is 21.7 Å². The third-order valence-corrected chi connectivity index (χ3v) is 3.67. The molecule has 4 nitrogen and oxygen atoms in total. The van der Waals surface area contributed by atoms with Crippen LogP contribution in [0.15, 0.2) is 28.7 Å². The van der Waals surface area contributed by atoms with Crippen LogP contribution in [0.5, 0.6) is 5.75 Å². The second-order valence-electron chi connectivity index (χ2n) is 4.76. The van der Waals surface area contributed by atoms with E-state index in [1.807, 2.05) is 45.0 Å². The summed E-state index contributed by atoms with van der Waals surface area (Å²) in [4.78, 5) is 0. The molecule has 0 spiro atoms. The van der Waals surface area contributed by atoms with Crippen LogP contribution < -0.4 is 10.5 Å². The van der Waals surface area contributed by atoms with Gasteiger partial charge in [-0.05, 0) is 54.4 Å². The molecule has 0 bridgehead atoms. The van der Waals surface area contributed by atoms with Crippen molar-refractivity contribution in [1.82, 2.24) is 9.78 Å². The van der Waals surface area contributed by atoms with Crippen LogP contribution in [-0.4, -0.2) is 15.9 Å². The molecule has 1 aromatic carbocycles. The molecule has 2 rings (SSSR count). The topological polar surface area (TPSA) is 53.1 Å². The highest BCUT2D eigenvalue weighted by Crippen LogP contribution is 2.24. The summed E-state index contributed by atoms with van der Waals surface area (Å²) in [6, 6.07) is 7.99. The van der Waals surface area contributed by atoms with Gasteiger partial charge in [-0.2, -0.15) is 5.10 Å². The van der Waals surface area contributed by atoms with Crippen LogP contribution in [-0.2, 0) is 6.54 Å². The highest BCUT2D eigenvalue weighted by Gasteiger charge is 2.10. The van der Waals surface area contributed by atoms with E-state index in [4.69, 9.17) is 10.5 Å². The molecule has 1 heterocycles. The van der Waals surface area contributed by atoms with E-state index in [0.717, 1.165) is 21.5 Å². The highest BCUT2D eigenvalue weighted by molar-refractivity contribution is 9.10. The Balaban J connectivity index is 2.21. The molecule has 0 atom stereocenters. The van der Waals surface area contributed by atoms with E-state index in [-0.39, 0.29) is 6.10 Å². The Morgan fingerprint density at radius 3 is 2.74 bits per heavy atom.